The normalized spacial score (nSPS) is 17.7. The van der Waals surface area contributed by atoms with Crippen LogP contribution in [0.4, 0.5) is 14.5 Å². The van der Waals surface area contributed by atoms with Crippen molar-refractivity contribution in [1.82, 2.24) is 4.90 Å². The fourth-order valence-electron chi connectivity index (χ4n) is 2.60. The van der Waals surface area contributed by atoms with Crippen molar-refractivity contribution in [2.75, 3.05) is 32.1 Å². The highest BCUT2D eigenvalue weighted by Crippen LogP contribution is 2.29. The number of anilines is 1. The van der Waals surface area contributed by atoms with Crippen LogP contribution in [-0.2, 0) is 5.33 Å². The van der Waals surface area contributed by atoms with Gasteiger partial charge in [-0.2, -0.15) is 0 Å². The average Bonchev–Trinajstić information content (AvgIpc) is 2.38. The standard InChI is InChI=1S/C14H19BrF2N2/c1-18-5-3-11(4-6-18)19(2)14-12(16)7-10(9-15)8-13(14)17/h7-8,11H,3-6,9H2,1-2H3. The Bertz CT molecular complexity index is 422. The molecule has 0 atom stereocenters. The molecule has 1 heterocycles. The monoisotopic (exact) mass is 332 g/mol. The van der Waals surface area contributed by atoms with E-state index >= 15 is 0 Å². The maximum atomic E-state index is 14.1. The summed E-state index contributed by atoms with van der Waals surface area (Å²) in [7, 11) is 3.85. The third kappa shape index (κ3) is 3.26. The number of hydrogen-bond acceptors (Lipinski definition) is 2. The number of piperidine rings is 1. The fourth-order valence-corrected chi connectivity index (χ4v) is 2.92. The van der Waals surface area contributed by atoms with Gasteiger partial charge in [0.15, 0.2) is 0 Å². The largest absolute Gasteiger partial charge is 0.367 e. The van der Waals surface area contributed by atoms with Gasteiger partial charge in [-0.1, -0.05) is 15.9 Å². The van der Waals surface area contributed by atoms with E-state index in [-0.39, 0.29) is 11.7 Å². The Morgan fingerprint density at radius 1 is 1.26 bits per heavy atom. The van der Waals surface area contributed by atoms with Crippen LogP contribution in [0.15, 0.2) is 12.1 Å². The van der Waals surface area contributed by atoms with Crippen LogP contribution in [0.3, 0.4) is 0 Å². The molecular weight excluding hydrogens is 314 g/mol. The second kappa shape index (κ2) is 6.18. The van der Waals surface area contributed by atoms with Gasteiger partial charge in [-0.3, -0.25) is 0 Å². The lowest BCUT2D eigenvalue weighted by Gasteiger charge is -2.36. The first-order valence-corrected chi connectivity index (χ1v) is 7.60. The lowest BCUT2D eigenvalue weighted by Crippen LogP contribution is -2.42. The van der Waals surface area contributed by atoms with E-state index in [0.29, 0.717) is 10.9 Å². The number of benzene rings is 1. The highest BCUT2D eigenvalue weighted by molar-refractivity contribution is 9.08. The lowest BCUT2D eigenvalue weighted by atomic mass is 10.0. The van der Waals surface area contributed by atoms with E-state index < -0.39 is 11.6 Å². The third-order valence-electron chi connectivity index (χ3n) is 3.82. The second-order valence-corrected chi connectivity index (χ2v) is 5.75. The van der Waals surface area contributed by atoms with Gasteiger partial charge in [0.2, 0.25) is 0 Å². The molecule has 1 fully saturated rings. The minimum atomic E-state index is -0.476. The summed E-state index contributed by atoms with van der Waals surface area (Å²) >= 11 is 3.22. The van der Waals surface area contributed by atoms with Gasteiger partial charge in [0, 0.05) is 18.4 Å². The summed E-state index contributed by atoms with van der Waals surface area (Å²) in [5.74, 6) is -0.952. The topological polar surface area (TPSA) is 6.48 Å². The lowest BCUT2D eigenvalue weighted by molar-refractivity contribution is 0.252. The van der Waals surface area contributed by atoms with E-state index in [1.807, 2.05) is 0 Å². The molecule has 0 unspecified atom stereocenters. The highest BCUT2D eigenvalue weighted by Gasteiger charge is 2.25. The summed E-state index contributed by atoms with van der Waals surface area (Å²) in [4.78, 5) is 4.00. The Morgan fingerprint density at radius 2 is 1.79 bits per heavy atom. The van der Waals surface area contributed by atoms with Crippen LogP contribution in [-0.4, -0.2) is 38.1 Å². The molecule has 1 aromatic rings. The van der Waals surface area contributed by atoms with Crippen molar-refractivity contribution in [3.63, 3.8) is 0 Å². The Hall–Kier alpha value is -0.680. The van der Waals surface area contributed by atoms with Gasteiger partial charge >= 0.3 is 0 Å². The van der Waals surface area contributed by atoms with Gasteiger partial charge in [0.1, 0.15) is 17.3 Å². The Labute approximate surface area is 121 Å². The minimum Gasteiger partial charge on any atom is -0.367 e. The second-order valence-electron chi connectivity index (χ2n) is 5.19. The zero-order valence-electron chi connectivity index (χ0n) is 11.3. The molecule has 0 saturated carbocycles. The van der Waals surface area contributed by atoms with E-state index in [1.165, 1.54) is 12.1 Å². The van der Waals surface area contributed by atoms with E-state index in [4.69, 9.17) is 0 Å². The van der Waals surface area contributed by atoms with Crippen molar-refractivity contribution >= 4 is 21.6 Å². The summed E-state index contributed by atoms with van der Waals surface area (Å²) in [6.07, 6.45) is 1.87. The van der Waals surface area contributed by atoms with Crippen LogP contribution < -0.4 is 4.90 Å². The number of likely N-dealkylation sites (tertiary alicyclic amines) is 1. The van der Waals surface area contributed by atoms with Crippen molar-refractivity contribution in [2.45, 2.75) is 24.2 Å². The molecule has 0 radical (unpaired) electrons. The van der Waals surface area contributed by atoms with Crippen LogP contribution in [0.2, 0.25) is 0 Å². The summed E-state index contributed by atoms with van der Waals surface area (Å²) in [6.45, 7) is 1.94. The van der Waals surface area contributed by atoms with Crippen molar-refractivity contribution in [3.8, 4) is 0 Å². The number of alkyl halides is 1. The molecule has 1 saturated heterocycles. The first-order chi connectivity index (χ1) is 9.02. The summed E-state index contributed by atoms with van der Waals surface area (Å²) in [5.41, 5.74) is 0.717. The predicted molar refractivity (Wildman–Crippen MR) is 77.9 cm³/mol. The van der Waals surface area contributed by atoms with Gasteiger partial charge in [-0.25, -0.2) is 8.78 Å². The molecule has 0 N–H and O–H groups in total. The number of rotatable bonds is 3. The molecule has 1 aliphatic heterocycles. The maximum Gasteiger partial charge on any atom is 0.149 e. The van der Waals surface area contributed by atoms with Gasteiger partial charge in [0.05, 0.1) is 0 Å². The molecule has 1 aliphatic rings. The van der Waals surface area contributed by atoms with Crippen molar-refractivity contribution in [1.29, 1.82) is 0 Å². The van der Waals surface area contributed by atoms with Crippen LogP contribution in [0.1, 0.15) is 18.4 Å². The molecule has 2 nitrogen and oxygen atoms in total. The van der Waals surface area contributed by atoms with Crippen LogP contribution in [0, 0.1) is 11.6 Å². The molecule has 5 heteroatoms. The van der Waals surface area contributed by atoms with Gasteiger partial charge in [-0.15, -0.1) is 0 Å². The van der Waals surface area contributed by atoms with Crippen LogP contribution in [0.25, 0.3) is 0 Å². The molecular formula is C14H19BrF2N2. The number of nitrogens with zero attached hydrogens (tertiary/aromatic N) is 2. The molecule has 1 aromatic carbocycles. The summed E-state index contributed by atoms with van der Waals surface area (Å²) in [6, 6.07) is 3.01. The molecule has 0 aromatic heterocycles. The minimum absolute atomic E-state index is 0.0965. The maximum absolute atomic E-state index is 14.1. The molecule has 106 valence electrons. The average molecular weight is 333 g/mol. The van der Waals surface area contributed by atoms with Crippen molar-refractivity contribution in [2.24, 2.45) is 0 Å². The molecule has 0 spiro atoms. The van der Waals surface area contributed by atoms with Gasteiger partial charge < -0.3 is 9.80 Å². The predicted octanol–water partition coefficient (Wildman–Crippen LogP) is 3.39. The molecule has 0 bridgehead atoms. The van der Waals surface area contributed by atoms with Gasteiger partial charge in [0.25, 0.3) is 0 Å². The highest BCUT2D eigenvalue weighted by atomic mass is 79.9. The first kappa shape index (κ1) is 14.7. The molecule has 2 rings (SSSR count). The van der Waals surface area contributed by atoms with E-state index in [2.05, 4.69) is 27.9 Å². The zero-order chi connectivity index (χ0) is 14.0. The Balaban J connectivity index is 2.21. The van der Waals surface area contributed by atoms with Gasteiger partial charge in [-0.05, 0) is 50.7 Å². The van der Waals surface area contributed by atoms with E-state index in [9.17, 15) is 8.78 Å². The van der Waals surface area contributed by atoms with Crippen molar-refractivity contribution in [3.05, 3.63) is 29.3 Å². The Morgan fingerprint density at radius 3 is 2.26 bits per heavy atom. The molecule has 0 aliphatic carbocycles. The van der Waals surface area contributed by atoms with E-state index in [1.54, 1.807) is 11.9 Å². The van der Waals surface area contributed by atoms with Crippen LogP contribution in [0.5, 0.6) is 0 Å². The number of halogens is 3. The summed E-state index contributed by atoms with van der Waals surface area (Å²) < 4.78 is 28.1. The zero-order valence-corrected chi connectivity index (χ0v) is 12.9. The quantitative estimate of drug-likeness (QED) is 0.783. The first-order valence-electron chi connectivity index (χ1n) is 6.48. The van der Waals surface area contributed by atoms with Crippen molar-refractivity contribution < 1.29 is 8.78 Å². The van der Waals surface area contributed by atoms with E-state index in [0.717, 1.165) is 25.9 Å². The van der Waals surface area contributed by atoms with Crippen LogP contribution >= 0.6 is 15.9 Å². The smallest absolute Gasteiger partial charge is 0.149 e. The summed E-state index contributed by atoms with van der Waals surface area (Å²) in [5, 5.41) is 0.457. The SMILES string of the molecule is CN1CCC(N(C)c2c(F)cc(CBr)cc2F)CC1. The fraction of sp³-hybridized carbons (Fsp3) is 0.571. The molecule has 19 heavy (non-hydrogen) atoms. The Kier molecular flexibility index (Phi) is 4.79. The third-order valence-corrected chi connectivity index (χ3v) is 4.47. The number of hydrogen-bond donors (Lipinski definition) is 0. The molecule has 0 amide bonds.